The maximum absolute atomic E-state index is 9.76. The van der Waals surface area contributed by atoms with Crippen LogP contribution >= 0.6 is 0 Å². The van der Waals surface area contributed by atoms with Crippen LogP contribution in [0.5, 0.6) is 0 Å². The van der Waals surface area contributed by atoms with E-state index in [1.165, 1.54) is 5.56 Å². The number of aliphatic hydroxyl groups is 1. The molecule has 3 nitrogen and oxygen atoms in total. The van der Waals surface area contributed by atoms with Crippen molar-refractivity contribution in [2.45, 2.75) is 26.0 Å². The summed E-state index contributed by atoms with van der Waals surface area (Å²) in [5.41, 5.74) is 6.85. The Morgan fingerprint density at radius 3 is 2.72 bits per heavy atom. The molecule has 1 aromatic carbocycles. The van der Waals surface area contributed by atoms with Gasteiger partial charge in [-0.1, -0.05) is 24.0 Å². The molecule has 0 aliphatic rings. The minimum atomic E-state index is -0.675. The summed E-state index contributed by atoms with van der Waals surface area (Å²) in [6.07, 6.45) is 0. The van der Waals surface area contributed by atoms with Gasteiger partial charge in [-0.05, 0) is 38.6 Å². The summed E-state index contributed by atoms with van der Waals surface area (Å²) in [5, 5.41) is 9.76. The lowest BCUT2D eigenvalue weighted by atomic mass is 10.1. The predicted octanol–water partition coefficient (Wildman–Crippen LogP) is 1.20. The first-order chi connectivity index (χ1) is 8.40. The standard InChI is InChI=1S/C15H22N2O/c1-15(2,18)12-17(3)11-14-7-4-6-13(10-14)8-5-9-16/h4,6-7,10,18H,9,11-12,16H2,1-3H3. The van der Waals surface area contributed by atoms with E-state index in [4.69, 9.17) is 5.73 Å². The Kier molecular flexibility index (Phi) is 5.36. The zero-order chi connectivity index (χ0) is 13.6. The van der Waals surface area contributed by atoms with Crippen LogP contribution in [0, 0.1) is 11.8 Å². The second kappa shape index (κ2) is 6.55. The number of hydrogen-bond acceptors (Lipinski definition) is 3. The topological polar surface area (TPSA) is 49.5 Å². The van der Waals surface area contributed by atoms with Crippen LogP contribution in [0.4, 0.5) is 0 Å². The minimum Gasteiger partial charge on any atom is -0.389 e. The van der Waals surface area contributed by atoms with E-state index >= 15 is 0 Å². The van der Waals surface area contributed by atoms with Gasteiger partial charge in [-0.2, -0.15) is 0 Å². The van der Waals surface area contributed by atoms with Crippen molar-refractivity contribution in [1.29, 1.82) is 0 Å². The first kappa shape index (κ1) is 14.7. The fourth-order valence-corrected chi connectivity index (χ4v) is 1.93. The van der Waals surface area contributed by atoms with Crippen molar-refractivity contribution >= 4 is 0 Å². The van der Waals surface area contributed by atoms with E-state index < -0.39 is 5.60 Å². The highest BCUT2D eigenvalue weighted by Crippen LogP contribution is 2.10. The van der Waals surface area contributed by atoms with Crippen LogP contribution in [-0.2, 0) is 6.54 Å². The van der Waals surface area contributed by atoms with E-state index in [0.717, 1.165) is 12.1 Å². The van der Waals surface area contributed by atoms with Crippen molar-refractivity contribution in [2.75, 3.05) is 20.1 Å². The molecule has 1 aromatic rings. The fourth-order valence-electron chi connectivity index (χ4n) is 1.93. The molecule has 0 aromatic heterocycles. The molecular weight excluding hydrogens is 224 g/mol. The lowest BCUT2D eigenvalue weighted by Crippen LogP contribution is -2.35. The SMILES string of the molecule is CN(Cc1cccc(C#CCN)c1)CC(C)(C)O. The van der Waals surface area contributed by atoms with Crippen LogP contribution in [0.15, 0.2) is 24.3 Å². The van der Waals surface area contributed by atoms with Gasteiger partial charge in [0.1, 0.15) is 0 Å². The number of rotatable bonds is 4. The molecule has 0 saturated heterocycles. The molecular formula is C15H22N2O. The van der Waals surface area contributed by atoms with Gasteiger partial charge in [0.05, 0.1) is 12.1 Å². The van der Waals surface area contributed by atoms with Crippen LogP contribution in [0.2, 0.25) is 0 Å². The smallest absolute Gasteiger partial charge is 0.0718 e. The van der Waals surface area contributed by atoms with Gasteiger partial charge in [-0.3, -0.25) is 4.90 Å². The molecule has 3 N–H and O–H groups in total. The van der Waals surface area contributed by atoms with Crippen LogP contribution in [0.1, 0.15) is 25.0 Å². The van der Waals surface area contributed by atoms with E-state index in [1.54, 1.807) is 0 Å². The number of benzene rings is 1. The lowest BCUT2D eigenvalue weighted by molar-refractivity contribution is 0.0425. The molecule has 0 heterocycles. The van der Waals surface area contributed by atoms with Gasteiger partial charge < -0.3 is 10.8 Å². The molecule has 0 atom stereocenters. The Morgan fingerprint density at radius 2 is 2.11 bits per heavy atom. The second-order valence-electron chi connectivity index (χ2n) is 5.19. The molecule has 3 heteroatoms. The average Bonchev–Trinajstić information content (AvgIpc) is 2.24. The molecule has 0 bridgehead atoms. The summed E-state index contributed by atoms with van der Waals surface area (Å²) in [6, 6.07) is 8.09. The Balaban J connectivity index is 2.67. The highest BCUT2D eigenvalue weighted by molar-refractivity contribution is 5.37. The number of hydrogen-bond donors (Lipinski definition) is 2. The first-order valence-corrected chi connectivity index (χ1v) is 6.09. The monoisotopic (exact) mass is 246 g/mol. The van der Waals surface area contributed by atoms with Crippen molar-refractivity contribution < 1.29 is 5.11 Å². The van der Waals surface area contributed by atoms with Crippen molar-refractivity contribution in [3.05, 3.63) is 35.4 Å². The fraction of sp³-hybridized carbons (Fsp3) is 0.467. The second-order valence-corrected chi connectivity index (χ2v) is 5.19. The average molecular weight is 246 g/mol. The lowest BCUT2D eigenvalue weighted by Gasteiger charge is -2.25. The number of nitrogens with zero attached hydrogens (tertiary/aromatic N) is 1. The summed E-state index contributed by atoms with van der Waals surface area (Å²) in [5.74, 6) is 5.87. The number of likely N-dealkylation sites (N-methyl/N-ethyl adjacent to an activating group) is 1. The van der Waals surface area contributed by atoms with Crippen LogP contribution in [0.25, 0.3) is 0 Å². The molecule has 18 heavy (non-hydrogen) atoms. The van der Waals surface area contributed by atoms with Gasteiger partial charge in [0.2, 0.25) is 0 Å². The van der Waals surface area contributed by atoms with Gasteiger partial charge in [-0.15, -0.1) is 0 Å². The van der Waals surface area contributed by atoms with Crippen molar-refractivity contribution in [3.63, 3.8) is 0 Å². The molecule has 0 amide bonds. The Labute approximate surface area is 110 Å². The quantitative estimate of drug-likeness (QED) is 0.785. The van der Waals surface area contributed by atoms with E-state index in [2.05, 4.69) is 28.9 Å². The van der Waals surface area contributed by atoms with Crippen molar-refractivity contribution in [1.82, 2.24) is 4.90 Å². The molecule has 0 spiro atoms. The maximum Gasteiger partial charge on any atom is 0.0718 e. The van der Waals surface area contributed by atoms with Gasteiger partial charge >= 0.3 is 0 Å². The summed E-state index contributed by atoms with van der Waals surface area (Å²) < 4.78 is 0. The third-order valence-corrected chi connectivity index (χ3v) is 2.37. The predicted molar refractivity (Wildman–Crippen MR) is 75.0 cm³/mol. The molecule has 0 aliphatic heterocycles. The van der Waals surface area contributed by atoms with Gasteiger partial charge in [-0.25, -0.2) is 0 Å². The first-order valence-electron chi connectivity index (χ1n) is 6.09. The zero-order valence-electron chi connectivity index (χ0n) is 11.4. The summed E-state index contributed by atoms with van der Waals surface area (Å²) >= 11 is 0. The summed E-state index contributed by atoms with van der Waals surface area (Å²) in [4.78, 5) is 2.09. The normalized spacial score (nSPS) is 11.2. The molecule has 0 unspecified atom stereocenters. The molecule has 0 aliphatic carbocycles. The third-order valence-electron chi connectivity index (χ3n) is 2.37. The summed E-state index contributed by atoms with van der Waals surface area (Å²) in [6.45, 7) is 5.43. The van der Waals surface area contributed by atoms with Crippen LogP contribution in [0.3, 0.4) is 0 Å². The maximum atomic E-state index is 9.76. The molecule has 1 rings (SSSR count). The molecule has 0 fully saturated rings. The van der Waals surface area contributed by atoms with Gasteiger partial charge in [0.25, 0.3) is 0 Å². The van der Waals surface area contributed by atoms with E-state index in [1.807, 2.05) is 33.0 Å². The number of nitrogens with two attached hydrogens (primary N) is 1. The minimum absolute atomic E-state index is 0.378. The highest BCUT2D eigenvalue weighted by Gasteiger charge is 2.15. The van der Waals surface area contributed by atoms with E-state index in [-0.39, 0.29) is 0 Å². The highest BCUT2D eigenvalue weighted by atomic mass is 16.3. The van der Waals surface area contributed by atoms with Gasteiger partial charge in [0.15, 0.2) is 0 Å². The van der Waals surface area contributed by atoms with E-state index in [9.17, 15) is 5.11 Å². The largest absolute Gasteiger partial charge is 0.389 e. The zero-order valence-corrected chi connectivity index (χ0v) is 11.4. The Morgan fingerprint density at radius 1 is 1.39 bits per heavy atom. The summed E-state index contributed by atoms with van der Waals surface area (Å²) in [7, 11) is 2.00. The molecule has 0 saturated carbocycles. The Bertz CT molecular complexity index is 438. The van der Waals surface area contributed by atoms with Crippen LogP contribution < -0.4 is 5.73 Å². The molecule has 0 radical (unpaired) electrons. The van der Waals surface area contributed by atoms with Crippen molar-refractivity contribution in [2.24, 2.45) is 5.73 Å². The van der Waals surface area contributed by atoms with Gasteiger partial charge in [0, 0.05) is 18.7 Å². The van der Waals surface area contributed by atoms with E-state index in [0.29, 0.717) is 13.1 Å². The van der Waals surface area contributed by atoms with Crippen LogP contribution in [-0.4, -0.2) is 35.7 Å². The third kappa shape index (κ3) is 5.83. The Hall–Kier alpha value is -1.34. The van der Waals surface area contributed by atoms with Crippen molar-refractivity contribution in [3.8, 4) is 11.8 Å². The molecule has 98 valence electrons.